The largest absolute Gasteiger partial charge is 0.369 e. The van der Waals surface area contributed by atoms with Crippen molar-refractivity contribution in [3.05, 3.63) is 0 Å². The van der Waals surface area contributed by atoms with Crippen molar-refractivity contribution >= 4 is 11.8 Å². The van der Waals surface area contributed by atoms with Crippen LogP contribution in [0.5, 0.6) is 0 Å². The van der Waals surface area contributed by atoms with Crippen LogP contribution in [0.1, 0.15) is 25.7 Å². The minimum absolute atomic E-state index is 0.0615. The predicted molar refractivity (Wildman–Crippen MR) is 57.5 cm³/mol. The van der Waals surface area contributed by atoms with E-state index in [1.165, 1.54) is 0 Å². The fourth-order valence-electron chi connectivity index (χ4n) is 2.36. The second-order valence-electron chi connectivity index (χ2n) is 4.50. The molecule has 2 heterocycles. The van der Waals surface area contributed by atoms with Gasteiger partial charge in [0.25, 0.3) is 5.91 Å². The second-order valence-corrected chi connectivity index (χ2v) is 4.50. The number of likely N-dealkylation sites (tertiary alicyclic amines) is 1. The highest BCUT2D eigenvalue weighted by Gasteiger charge is 2.31. The summed E-state index contributed by atoms with van der Waals surface area (Å²) < 4.78 is 5.36. The predicted octanol–water partition coefficient (Wildman–Crippen LogP) is -0.111. The van der Waals surface area contributed by atoms with Crippen molar-refractivity contribution in [1.29, 1.82) is 0 Å². The first kappa shape index (κ1) is 11.4. The van der Waals surface area contributed by atoms with E-state index in [1.807, 2.05) is 0 Å². The van der Waals surface area contributed by atoms with Crippen molar-refractivity contribution < 1.29 is 14.3 Å². The number of hydrogen-bond acceptors (Lipinski definition) is 3. The minimum atomic E-state index is -0.246. The van der Waals surface area contributed by atoms with Gasteiger partial charge in [0.05, 0.1) is 0 Å². The number of amides is 2. The molecular weight excluding hydrogens is 208 g/mol. The van der Waals surface area contributed by atoms with Crippen LogP contribution in [-0.2, 0) is 14.3 Å². The van der Waals surface area contributed by atoms with Gasteiger partial charge in [-0.15, -0.1) is 0 Å². The number of rotatable bonds is 2. The van der Waals surface area contributed by atoms with E-state index in [2.05, 4.69) is 0 Å². The molecule has 2 fully saturated rings. The van der Waals surface area contributed by atoms with Gasteiger partial charge in [0.1, 0.15) is 6.10 Å². The number of piperidine rings is 1. The number of primary amides is 1. The van der Waals surface area contributed by atoms with Crippen molar-refractivity contribution in [2.24, 2.45) is 11.7 Å². The fraction of sp³-hybridized carbons (Fsp3) is 0.818. The molecule has 16 heavy (non-hydrogen) atoms. The molecule has 0 aromatic heterocycles. The molecule has 2 aliphatic rings. The van der Waals surface area contributed by atoms with Gasteiger partial charge in [-0.25, -0.2) is 0 Å². The molecule has 0 bridgehead atoms. The number of nitrogens with zero attached hydrogens (tertiary/aromatic N) is 1. The molecule has 0 aromatic carbocycles. The Hall–Kier alpha value is -1.10. The highest BCUT2D eigenvalue weighted by molar-refractivity contribution is 5.82. The Morgan fingerprint density at radius 2 is 1.88 bits per heavy atom. The van der Waals surface area contributed by atoms with Crippen molar-refractivity contribution in [2.45, 2.75) is 31.8 Å². The van der Waals surface area contributed by atoms with E-state index in [4.69, 9.17) is 10.5 Å². The molecule has 2 saturated heterocycles. The molecule has 2 N–H and O–H groups in total. The summed E-state index contributed by atoms with van der Waals surface area (Å²) in [6.07, 6.45) is 2.93. The summed E-state index contributed by atoms with van der Waals surface area (Å²) in [5.74, 6) is -0.224. The lowest BCUT2D eigenvalue weighted by Gasteiger charge is -2.32. The van der Waals surface area contributed by atoms with Gasteiger partial charge in [0, 0.05) is 25.6 Å². The van der Waals surface area contributed by atoms with Crippen molar-refractivity contribution in [1.82, 2.24) is 4.90 Å². The van der Waals surface area contributed by atoms with Gasteiger partial charge >= 0.3 is 0 Å². The lowest BCUT2D eigenvalue weighted by molar-refractivity contribution is -0.143. The van der Waals surface area contributed by atoms with Crippen LogP contribution in [-0.4, -0.2) is 42.5 Å². The molecule has 5 heteroatoms. The summed E-state index contributed by atoms with van der Waals surface area (Å²) in [5.41, 5.74) is 5.24. The summed E-state index contributed by atoms with van der Waals surface area (Å²) in [7, 11) is 0. The van der Waals surface area contributed by atoms with Gasteiger partial charge in [-0.1, -0.05) is 0 Å². The van der Waals surface area contributed by atoms with Crippen molar-refractivity contribution in [2.75, 3.05) is 19.7 Å². The smallest absolute Gasteiger partial charge is 0.251 e. The van der Waals surface area contributed by atoms with E-state index in [0.29, 0.717) is 32.5 Å². The lowest BCUT2D eigenvalue weighted by atomic mass is 9.96. The zero-order valence-electron chi connectivity index (χ0n) is 9.35. The minimum Gasteiger partial charge on any atom is -0.369 e. The third kappa shape index (κ3) is 2.35. The van der Waals surface area contributed by atoms with E-state index >= 15 is 0 Å². The zero-order chi connectivity index (χ0) is 11.5. The Morgan fingerprint density at radius 1 is 1.19 bits per heavy atom. The van der Waals surface area contributed by atoms with Crippen LogP contribution in [0.25, 0.3) is 0 Å². The zero-order valence-corrected chi connectivity index (χ0v) is 9.35. The van der Waals surface area contributed by atoms with Crippen LogP contribution >= 0.6 is 0 Å². The molecule has 2 amide bonds. The molecular formula is C11H18N2O3. The monoisotopic (exact) mass is 226 g/mol. The summed E-state index contributed by atoms with van der Waals surface area (Å²) in [6, 6.07) is 0. The Balaban J connectivity index is 1.84. The van der Waals surface area contributed by atoms with Crippen LogP contribution in [0.4, 0.5) is 0 Å². The molecule has 90 valence electrons. The fourth-order valence-corrected chi connectivity index (χ4v) is 2.36. The van der Waals surface area contributed by atoms with Crippen LogP contribution in [0, 0.1) is 5.92 Å². The van der Waals surface area contributed by atoms with Crippen LogP contribution in [0.2, 0.25) is 0 Å². The molecule has 5 nitrogen and oxygen atoms in total. The van der Waals surface area contributed by atoms with Crippen molar-refractivity contribution in [3.8, 4) is 0 Å². The SMILES string of the molecule is NC(=O)C1CCN(C(=O)[C@H]2CCCO2)CC1. The summed E-state index contributed by atoms with van der Waals surface area (Å²) in [4.78, 5) is 24.7. The summed E-state index contributed by atoms with van der Waals surface area (Å²) in [6.45, 7) is 1.95. The average Bonchev–Trinajstić information content (AvgIpc) is 2.81. The molecule has 0 spiro atoms. The third-order valence-electron chi connectivity index (χ3n) is 3.41. The molecule has 0 radical (unpaired) electrons. The van der Waals surface area contributed by atoms with Crippen LogP contribution in [0.3, 0.4) is 0 Å². The summed E-state index contributed by atoms with van der Waals surface area (Å²) >= 11 is 0. The molecule has 0 saturated carbocycles. The molecule has 2 rings (SSSR count). The van der Waals surface area contributed by atoms with Crippen LogP contribution < -0.4 is 5.73 Å². The number of nitrogens with two attached hydrogens (primary N) is 1. The number of carbonyl (C=O) groups is 2. The Kier molecular flexibility index (Phi) is 3.43. The average molecular weight is 226 g/mol. The Labute approximate surface area is 94.9 Å². The van der Waals surface area contributed by atoms with Gasteiger partial charge in [0.2, 0.25) is 5.91 Å². The maximum Gasteiger partial charge on any atom is 0.251 e. The van der Waals surface area contributed by atoms with Gasteiger partial charge in [-0.2, -0.15) is 0 Å². The normalized spacial score (nSPS) is 27.0. The Morgan fingerprint density at radius 3 is 2.38 bits per heavy atom. The van der Waals surface area contributed by atoms with E-state index in [9.17, 15) is 9.59 Å². The first-order valence-corrected chi connectivity index (χ1v) is 5.88. The summed E-state index contributed by atoms with van der Waals surface area (Å²) in [5, 5.41) is 0. The number of ether oxygens (including phenoxy) is 1. The number of carbonyl (C=O) groups excluding carboxylic acids is 2. The highest BCUT2D eigenvalue weighted by Crippen LogP contribution is 2.20. The maximum atomic E-state index is 12.0. The lowest BCUT2D eigenvalue weighted by Crippen LogP contribution is -2.45. The van der Waals surface area contributed by atoms with Crippen LogP contribution in [0.15, 0.2) is 0 Å². The highest BCUT2D eigenvalue weighted by atomic mass is 16.5. The van der Waals surface area contributed by atoms with Crippen molar-refractivity contribution in [3.63, 3.8) is 0 Å². The van der Waals surface area contributed by atoms with Gasteiger partial charge < -0.3 is 15.4 Å². The Bertz CT molecular complexity index is 279. The first-order valence-electron chi connectivity index (χ1n) is 5.88. The van der Waals surface area contributed by atoms with E-state index in [-0.39, 0.29) is 23.8 Å². The van der Waals surface area contributed by atoms with E-state index in [1.54, 1.807) is 4.90 Å². The number of hydrogen-bond donors (Lipinski definition) is 1. The molecule has 0 unspecified atom stereocenters. The maximum absolute atomic E-state index is 12.0. The molecule has 0 aromatic rings. The van der Waals surface area contributed by atoms with Gasteiger partial charge in [-0.3, -0.25) is 9.59 Å². The van der Waals surface area contributed by atoms with Gasteiger partial charge in [-0.05, 0) is 25.7 Å². The first-order chi connectivity index (χ1) is 7.68. The molecule has 1 atom stereocenters. The second kappa shape index (κ2) is 4.82. The standard InChI is InChI=1S/C11H18N2O3/c12-10(14)8-3-5-13(6-4-8)11(15)9-2-1-7-16-9/h8-9H,1-7H2,(H2,12,14)/t9-/m1/s1. The van der Waals surface area contributed by atoms with E-state index < -0.39 is 0 Å². The molecule has 0 aliphatic carbocycles. The molecule has 2 aliphatic heterocycles. The quantitative estimate of drug-likeness (QED) is 0.714. The topological polar surface area (TPSA) is 72.6 Å². The van der Waals surface area contributed by atoms with E-state index in [0.717, 1.165) is 12.8 Å². The third-order valence-corrected chi connectivity index (χ3v) is 3.41. The van der Waals surface area contributed by atoms with Gasteiger partial charge in [0.15, 0.2) is 0 Å².